The van der Waals surface area contributed by atoms with E-state index in [0.717, 1.165) is 28.9 Å². The molecule has 0 fully saturated rings. The quantitative estimate of drug-likeness (QED) is 0.306. The van der Waals surface area contributed by atoms with Gasteiger partial charge in [-0.1, -0.05) is 18.2 Å². The summed E-state index contributed by atoms with van der Waals surface area (Å²) in [6.07, 6.45) is 1.61. The Kier molecular flexibility index (Phi) is 5.64. The highest BCUT2D eigenvalue weighted by Gasteiger charge is 2.21. The van der Waals surface area contributed by atoms with Gasteiger partial charge in [-0.15, -0.1) is 0 Å². The molecule has 0 amide bonds. The van der Waals surface area contributed by atoms with Gasteiger partial charge in [-0.2, -0.15) is 0 Å². The van der Waals surface area contributed by atoms with Gasteiger partial charge in [0.1, 0.15) is 5.75 Å². The number of hydrogen-bond donors (Lipinski definition) is 0. The summed E-state index contributed by atoms with van der Waals surface area (Å²) in [6.45, 7) is 4.02. The summed E-state index contributed by atoms with van der Waals surface area (Å²) in [5, 5.41) is 22.2. The lowest BCUT2D eigenvalue weighted by Crippen LogP contribution is -1.97. The Balaban J connectivity index is 1.93. The van der Waals surface area contributed by atoms with Gasteiger partial charge in [0.15, 0.2) is 0 Å². The van der Waals surface area contributed by atoms with Crippen molar-refractivity contribution >= 4 is 23.3 Å². The van der Waals surface area contributed by atoms with E-state index in [0.29, 0.717) is 11.3 Å². The molecule has 3 aromatic rings. The highest BCUT2D eigenvalue weighted by atomic mass is 16.6. The van der Waals surface area contributed by atoms with Gasteiger partial charge in [0.25, 0.3) is 5.69 Å². The summed E-state index contributed by atoms with van der Waals surface area (Å²) < 4.78 is 5.71. The Morgan fingerprint density at radius 1 is 0.862 bits per heavy atom. The molecule has 0 bridgehead atoms. The predicted molar refractivity (Wildman–Crippen MR) is 109 cm³/mol. The van der Waals surface area contributed by atoms with Crippen LogP contribution < -0.4 is 4.74 Å². The number of non-ortho nitro benzene ring substituents is 1. The Morgan fingerprint density at radius 2 is 1.62 bits per heavy atom. The number of para-hydroxylation sites is 1. The van der Waals surface area contributed by atoms with Crippen molar-refractivity contribution in [3.8, 4) is 11.5 Å². The van der Waals surface area contributed by atoms with Crippen LogP contribution in [0, 0.1) is 34.1 Å². The van der Waals surface area contributed by atoms with Crippen molar-refractivity contribution in [1.29, 1.82) is 0 Å². The number of aryl methyl sites for hydroxylation is 2. The van der Waals surface area contributed by atoms with Gasteiger partial charge in [0, 0.05) is 17.8 Å². The Hall–Kier alpha value is -4.07. The maximum atomic E-state index is 11.3. The van der Waals surface area contributed by atoms with E-state index in [-0.39, 0.29) is 11.4 Å². The van der Waals surface area contributed by atoms with Crippen LogP contribution in [0.2, 0.25) is 0 Å². The van der Waals surface area contributed by atoms with Crippen LogP contribution in [0.25, 0.3) is 0 Å². The highest BCUT2D eigenvalue weighted by Crippen LogP contribution is 2.35. The second kappa shape index (κ2) is 8.30. The summed E-state index contributed by atoms with van der Waals surface area (Å²) in [4.78, 5) is 25.2. The van der Waals surface area contributed by atoms with Crippen LogP contribution in [-0.2, 0) is 0 Å². The SMILES string of the molecule is Cc1ccc(N=Cc2ccccc2Oc2ccc([N+](=O)[O-])cc2[N+](=O)[O-])cc1C. The largest absolute Gasteiger partial charge is 0.449 e. The van der Waals surface area contributed by atoms with E-state index in [9.17, 15) is 20.2 Å². The summed E-state index contributed by atoms with van der Waals surface area (Å²) in [5.41, 5.74) is 2.79. The van der Waals surface area contributed by atoms with Gasteiger partial charge in [-0.25, -0.2) is 0 Å². The van der Waals surface area contributed by atoms with Crippen LogP contribution in [0.1, 0.15) is 16.7 Å². The minimum absolute atomic E-state index is 0.0902. The molecule has 0 aliphatic rings. The molecule has 0 N–H and O–H groups in total. The molecule has 0 aliphatic heterocycles. The summed E-state index contributed by atoms with van der Waals surface area (Å²) in [5.74, 6) is 0.254. The molecule has 0 saturated heterocycles. The monoisotopic (exact) mass is 391 g/mol. The van der Waals surface area contributed by atoms with Crippen LogP contribution in [0.15, 0.2) is 65.7 Å². The molecule has 0 unspecified atom stereocenters. The van der Waals surface area contributed by atoms with E-state index in [1.54, 1.807) is 30.5 Å². The van der Waals surface area contributed by atoms with Crippen molar-refractivity contribution in [2.45, 2.75) is 13.8 Å². The Bertz CT molecular complexity index is 1130. The van der Waals surface area contributed by atoms with Crippen molar-refractivity contribution in [2.75, 3.05) is 0 Å². The van der Waals surface area contributed by atoms with Crippen molar-refractivity contribution in [2.24, 2.45) is 4.99 Å². The molecular weight excluding hydrogens is 374 g/mol. The predicted octanol–water partition coefficient (Wildman–Crippen LogP) is 5.66. The lowest BCUT2D eigenvalue weighted by molar-refractivity contribution is -0.394. The number of nitro groups is 2. The number of aliphatic imine (C=N–C) groups is 1. The number of nitro benzene ring substituents is 2. The average Bonchev–Trinajstić information content (AvgIpc) is 2.69. The van der Waals surface area contributed by atoms with Crippen molar-refractivity contribution in [1.82, 2.24) is 0 Å². The van der Waals surface area contributed by atoms with Crippen LogP contribution in [0.5, 0.6) is 11.5 Å². The van der Waals surface area contributed by atoms with E-state index >= 15 is 0 Å². The third kappa shape index (κ3) is 4.62. The summed E-state index contributed by atoms with van der Waals surface area (Å²) in [6, 6.07) is 16.0. The smallest absolute Gasteiger partial charge is 0.318 e. The topological polar surface area (TPSA) is 108 Å². The number of rotatable bonds is 6. The number of benzene rings is 3. The van der Waals surface area contributed by atoms with E-state index in [1.807, 2.05) is 32.0 Å². The first-order valence-corrected chi connectivity index (χ1v) is 8.66. The Labute approximate surface area is 166 Å². The van der Waals surface area contributed by atoms with Crippen molar-refractivity contribution in [3.63, 3.8) is 0 Å². The molecule has 0 aromatic heterocycles. The molecule has 0 spiro atoms. The minimum Gasteiger partial charge on any atom is -0.449 e. The van der Waals surface area contributed by atoms with Crippen LogP contribution in [0.4, 0.5) is 17.1 Å². The van der Waals surface area contributed by atoms with E-state index < -0.39 is 15.5 Å². The molecule has 29 heavy (non-hydrogen) atoms. The standard InChI is InChI=1S/C21H17N3O5/c1-14-7-8-17(11-15(14)2)22-13-16-5-3-4-6-20(16)29-21-10-9-18(23(25)26)12-19(21)24(27)28/h3-13H,1-2H3. The fraction of sp³-hybridized carbons (Fsp3) is 0.0952. The first kappa shape index (κ1) is 19.7. The Morgan fingerprint density at radius 3 is 2.31 bits per heavy atom. The molecule has 0 saturated carbocycles. The van der Waals surface area contributed by atoms with Crippen molar-refractivity contribution < 1.29 is 14.6 Å². The lowest BCUT2D eigenvalue weighted by Gasteiger charge is -2.09. The molecule has 0 atom stereocenters. The molecule has 8 nitrogen and oxygen atoms in total. The molecule has 0 radical (unpaired) electrons. The zero-order valence-electron chi connectivity index (χ0n) is 15.7. The van der Waals surface area contributed by atoms with Gasteiger partial charge < -0.3 is 4.74 Å². The van der Waals surface area contributed by atoms with E-state index in [4.69, 9.17) is 4.74 Å². The summed E-state index contributed by atoms with van der Waals surface area (Å²) >= 11 is 0. The molecule has 146 valence electrons. The second-order valence-electron chi connectivity index (χ2n) is 6.33. The number of hydrogen-bond acceptors (Lipinski definition) is 6. The first-order valence-electron chi connectivity index (χ1n) is 8.66. The van der Waals surface area contributed by atoms with E-state index in [2.05, 4.69) is 4.99 Å². The van der Waals surface area contributed by atoms with Crippen molar-refractivity contribution in [3.05, 3.63) is 97.6 Å². The van der Waals surface area contributed by atoms with Gasteiger partial charge in [0.05, 0.1) is 21.6 Å². The van der Waals surface area contributed by atoms with E-state index in [1.165, 1.54) is 6.07 Å². The number of ether oxygens (including phenoxy) is 1. The minimum atomic E-state index is -0.714. The second-order valence-corrected chi connectivity index (χ2v) is 6.33. The van der Waals surface area contributed by atoms with Gasteiger partial charge in [-0.05, 0) is 55.3 Å². The van der Waals surface area contributed by atoms with Crippen LogP contribution >= 0.6 is 0 Å². The van der Waals surface area contributed by atoms with Gasteiger partial charge >= 0.3 is 5.69 Å². The molecule has 0 aliphatic carbocycles. The third-order valence-corrected chi connectivity index (χ3v) is 4.33. The van der Waals surface area contributed by atoms with Gasteiger partial charge in [-0.3, -0.25) is 25.2 Å². The maximum Gasteiger partial charge on any atom is 0.318 e. The fourth-order valence-electron chi connectivity index (χ4n) is 2.60. The fourth-order valence-corrected chi connectivity index (χ4v) is 2.60. The molecule has 3 rings (SSSR count). The molecular formula is C21H17N3O5. The molecule has 0 heterocycles. The number of nitrogens with zero attached hydrogens (tertiary/aromatic N) is 3. The highest BCUT2D eigenvalue weighted by molar-refractivity contribution is 5.85. The normalized spacial score (nSPS) is 10.8. The maximum absolute atomic E-state index is 11.3. The summed E-state index contributed by atoms with van der Waals surface area (Å²) in [7, 11) is 0. The molecule has 3 aromatic carbocycles. The zero-order chi connectivity index (χ0) is 21.0. The lowest BCUT2D eigenvalue weighted by atomic mass is 10.1. The first-order chi connectivity index (χ1) is 13.8. The molecule has 8 heteroatoms. The third-order valence-electron chi connectivity index (χ3n) is 4.33. The zero-order valence-corrected chi connectivity index (χ0v) is 15.7. The average molecular weight is 391 g/mol. The van der Waals surface area contributed by atoms with Crippen LogP contribution in [-0.4, -0.2) is 16.1 Å². The van der Waals surface area contributed by atoms with Gasteiger partial charge in [0.2, 0.25) is 5.75 Å². The van der Waals surface area contributed by atoms with Crippen LogP contribution in [0.3, 0.4) is 0 Å².